The normalized spacial score (nSPS) is 18.0. The summed E-state index contributed by atoms with van der Waals surface area (Å²) in [5, 5.41) is 13.4. The molecule has 0 amide bonds. The third-order valence-electron chi connectivity index (χ3n) is 4.82. The molecule has 0 aliphatic carbocycles. The van der Waals surface area contributed by atoms with Crippen molar-refractivity contribution in [3.05, 3.63) is 40.8 Å². The summed E-state index contributed by atoms with van der Waals surface area (Å²) in [5.41, 5.74) is 0. The minimum Gasteiger partial charge on any atom is -0.356 e. The van der Waals surface area contributed by atoms with Crippen LogP contribution >= 0.6 is 11.3 Å². The van der Waals surface area contributed by atoms with Gasteiger partial charge in [0.05, 0.1) is 6.04 Å². The Morgan fingerprint density at radius 1 is 1.27 bits per heavy atom. The van der Waals surface area contributed by atoms with Gasteiger partial charge in [-0.05, 0) is 49.4 Å². The van der Waals surface area contributed by atoms with Crippen molar-refractivity contribution in [3.8, 4) is 0 Å². The van der Waals surface area contributed by atoms with E-state index >= 15 is 0 Å². The number of aromatic nitrogens is 2. The first kappa shape index (κ1) is 18.9. The van der Waals surface area contributed by atoms with E-state index in [1.165, 1.54) is 30.8 Å². The molecule has 1 fully saturated rings. The van der Waals surface area contributed by atoms with Crippen LogP contribution in [0.2, 0.25) is 0 Å². The van der Waals surface area contributed by atoms with Gasteiger partial charge in [0.2, 0.25) is 0 Å². The zero-order valence-electron chi connectivity index (χ0n) is 15.8. The number of nitrogens with one attached hydrogen (secondary N) is 2. The molecule has 1 saturated heterocycles. The summed E-state index contributed by atoms with van der Waals surface area (Å²) in [6, 6.07) is 6.78. The molecule has 1 aliphatic heterocycles. The summed E-state index contributed by atoms with van der Waals surface area (Å²) in [4.78, 5) is 8.42. The van der Waals surface area contributed by atoms with Crippen molar-refractivity contribution in [1.82, 2.24) is 25.3 Å². The predicted octanol–water partition coefficient (Wildman–Crippen LogP) is 2.58. The van der Waals surface area contributed by atoms with E-state index in [4.69, 9.17) is 0 Å². The minimum absolute atomic E-state index is 0.428. The molecule has 6 nitrogen and oxygen atoms in total. The number of aliphatic imine (C=N–C) groups is 1. The predicted molar refractivity (Wildman–Crippen MR) is 109 cm³/mol. The summed E-state index contributed by atoms with van der Waals surface area (Å²) in [6.45, 7) is 7.26. The minimum atomic E-state index is 0.428. The van der Waals surface area contributed by atoms with Crippen LogP contribution in [0, 0.1) is 5.92 Å². The van der Waals surface area contributed by atoms with Gasteiger partial charge in [-0.3, -0.25) is 14.6 Å². The average molecular weight is 375 g/mol. The van der Waals surface area contributed by atoms with E-state index in [9.17, 15) is 0 Å². The van der Waals surface area contributed by atoms with Gasteiger partial charge < -0.3 is 10.6 Å². The Labute approximate surface area is 160 Å². The van der Waals surface area contributed by atoms with Crippen LogP contribution < -0.4 is 10.6 Å². The van der Waals surface area contributed by atoms with Crippen LogP contribution in [-0.2, 0) is 6.54 Å². The molecule has 0 bridgehead atoms. The van der Waals surface area contributed by atoms with E-state index in [2.05, 4.69) is 50.1 Å². The second-order valence-corrected chi connectivity index (χ2v) is 7.92. The molecule has 2 atom stereocenters. The van der Waals surface area contributed by atoms with E-state index < -0.39 is 0 Å². The summed E-state index contributed by atoms with van der Waals surface area (Å²) in [7, 11) is 1.84. The smallest absolute Gasteiger partial charge is 0.191 e. The first-order chi connectivity index (χ1) is 12.8. The Morgan fingerprint density at radius 3 is 2.73 bits per heavy atom. The fourth-order valence-corrected chi connectivity index (χ4v) is 4.28. The molecule has 0 radical (unpaired) electrons. The maximum absolute atomic E-state index is 4.39. The van der Waals surface area contributed by atoms with Crippen molar-refractivity contribution in [3.63, 3.8) is 0 Å². The van der Waals surface area contributed by atoms with Gasteiger partial charge in [-0.15, -0.1) is 11.3 Å². The van der Waals surface area contributed by atoms with Gasteiger partial charge in [0.15, 0.2) is 5.96 Å². The number of guanidine groups is 1. The second kappa shape index (κ2) is 9.73. The number of hydrogen-bond donors (Lipinski definition) is 2. The number of nitrogens with zero attached hydrogens (tertiary/aromatic N) is 4. The lowest BCUT2D eigenvalue weighted by atomic mass is 10.2. The first-order valence-corrected chi connectivity index (χ1v) is 10.3. The van der Waals surface area contributed by atoms with Crippen LogP contribution in [0.5, 0.6) is 0 Å². The molecule has 2 unspecified atom stereocenters. The molecule has 3 rings (SSSR count). The van der Waals surface area contributed by atoms with Crippen molar-refractivity contribution in [2.75, 3.05) is 33.2 Å². The third kappa shape index (κ3) is 5.32. The molecule has 2 aromatic rings. The van der Waals surface area contributed by atoms with Crippen molar-refractivity contribution in [2.45, 2.75) is 32.4 Å². The van der Waals surface area contributed by atoms with Crippen molar-refractivity contribution in [1.29, 1.82) is 0 Å². The lowest BCUT2D eigenvalue weighted by molar-refractivity contribution is 0.249. The molecule has 0 aromatic carbocycles. The van der Waals surface area contributed by atoms with Crippen LogP contribution in [0.1, 0.15) is 30.7 Å². The number of hydrogen-bond acceptors (Lipinski definition) is 4. The Bertz CT molecular complexity index is 646. The average Bonchev–Trinajstić information content (AvgIpc) is 3.41. The number of thiophene rings is 1. The van der Waals surface area contributed by atoms with Gasteiger partial charge in [-0.2, -0.15) is 5.10 Å². The van der Waals surface area contributed by atoms with Gasteiger partial charge in [0.1, 0.15) is 0 Å². The maximum Gasteiger partial charge on any atom is 0.191 e. The highest BCUT2D eigenvalue weighted by atomic mass is 32.1. The Morgan fingerprint density at radius 2 is 2.08 bits per heavy atom. The number of likely N-dealkylation sites (tertiary alicyclic amines) is 1. The maximum atomic E-state index is 4.39. The van der Waals surface area contributed by atoms with Gasteiger partial charge in [0, 0.05) is 44.0 Å². The summed E-state index contributed by atoms with van der Waals surface area (Å²) >= 11 is 1.85. The third-order valence-corrected chi connectivity index (χ3v) is 5.79. The molecule has 7 heteroatoms. The molecule has 1 aliphatic rings. The lowest BCUT2D eigenvalue weighted by Gasteiger charge is -2.27. The van der Waals surface area contributed by atoms with Crippen LogP contribution in [0.3, 0.4) is 0 Å². The fraction of sp³-hybridized carbons (Fsp3) is 0.579. The zero-order chi connectivity index (χ0) is 18.2. The van der Waals surface area contributed by atoms with Crippen molar-refractivity contribution < 1.29 is 0 Å². The van der Waals surface area contributed by atoms with E-state index in [1.54, 1.807) is 0 Å². The van der Waals surface area contributed by atoms with Crippen LogP contribution in [-0.4, -0.2) is 53.9 Å². The molecule has 2 N–H and O–H groups in total. The Hall–Kier alpha value is -1.86. The van der Waals surface area contributed by atoms with Crippen molar-refractivity contribution >= 4 is 17.3 Å². The lowest BCUT2D eigenvalue weighted by Crippen LogP contribution is -2.44. The van der Waals surface area contributed by atoms with E-state index in [0.29, 0.717) is 12.0 Å². The van der Waals surface area contributed by atoms with Crippen LogP contribution in [0.4, 0.5) is 0 Å². The molecule has 2 aromatic heterocycles. The van der Waals surface area contributed by atoms with Crippen molar-refractivity contribution in [2.24, 2.45) is 10.9 Å². The van der Waals surface area contributed by atoms with Gasteiger partial charge in [-0.25, -0.2) is 0 Å². The van der Waals surface area contributed by atoms with Gasteiger partial charge >= 0.3 is 0 Å². The highest BCUT2D eigenvalue weighted by molar-refractivity contribution is 7.10. The zero-order valence-corrected chi connectivity index (χ0v) is 16.6. The van der Waals surface area contributed by atoms with E-state index in [0.717, 1.165) is 25.6 Å². The Kier molecular flexibility index (Phi) is 7.08. The highest BCUT2D eigenvalue weighted by Crippen LogP contribution is 2.27. The molecule has 0 saturated carbocycles. The summed E-state index contributed by atoms with van der Waals surface area (Å²) in [5.74, 6) is 1.35. The standard InChI is InChI=1S/C19H30N6S/c1-16(15-25-11-6-8-23-25)13-21-19(20-2)22-14-17(18-7-5-12-26-18)24-9-3-4-10-24/h5-8,11-12,16-17H,3-4,9-10,13-15H2,1-2H3,(H2,20,21,22). The van der Waals surface area contributed by atoms with E-state index in [-0.39, 0.29) is 0 Å². The monoisotopic (exact) mass is 374 g/mol. The molecule has 142 valence electrons. The SMILES string of the molecule is CN=C(NCC(C)Cn1cccn1)NCC(c1cccs1)N1CCCC1. The largest absolute Gasteiger partial charge is 0.356 e. The Balaban J connectivity index is 1.48. The quantitative estimate of drug-likeness (QED) is 0.551. The molecule has 0 spiro atoms. The van der Waals surface area contributed by atoms with Gasteiger partial charge in [-0.1, -0.05) is 13.0 Å². The highest BCUT2D eigenvalue weighted by Gasteiger charge is 2.24. The molecular weight excluding hydrogens is 344 g/mol. The summed E-state index contributed by atoms with van der Waals surface area (Å²) < 4.78 is 1.97. The summed E-state index contributed by atoms with van der Waals surface area (Å²) in [6.07, 6.45) is 6.44. The number of rotatable bonds is 8. The molecule has 3 heterocycles. The second-order valence-electron chi connectivity index (χ2n) is 6.94. The van der Waals surface area contributed by atoms with E-state index in [1.807, 2.05) is 41.5 Å². The fourth-order valence-electron chi connectivity index (χ4n) is 3.42. The van der Waals surface area contributed by atoms with Crippen LogP contribution in [0.25, 0.3) is 0 Å². The first-order valence-electron chi connectivity index (χ1n) is 9.45. The van der Waals surface area contributed by atoms with Gasteiger partial charge in [0.25, 0.3) is 0 Å². The topological polar surface area (TPSA) is 57.5 Å². The molecule has 26 heavy (non-hydrogen) atoms. The van der Waals surface area contributed by atoms with Crippen LogP contribution in [0.15, 0.2) is 41.0 Å². The molecular formula is C19H30N6S.